The molecule has 0 saturated carbocycles. The van der Waals surface area contributed by atoms with Crippen LogP contribution in [0.4, 0.5) is 0 Å². The van der Waals surface area contributed by atoms with Crippen molar-refractivity contribution < 1.29 is 0 Å². The van der Waals surface area contributed by atoms with E-state index in [-0.39, 0.29) is 5.56 Å². The van der Waals surface area contributed by atoms with Gasteiger partial charge in [0.1, 0.15) is 0 Å². The SMILES string of the molecule is O=c1ccc([C@H]2CCNC2)n[nH]1. The molecular formula is C8H11N3O. The van der Waals surface area contributed by atoms with Crippen molar-refractivity contribution >= 4 is 0 Å². The van der Waals surface area contributed by atoms with Crippen molar-refractivity contribution in [1.82, 2.24) is 15.5 Å². The number of nitrogens with zero attached hydrogens (tertiary/aromatic N) is 1. The second-order valence-corrected chi connectivity index (χ2v) is 3.04. The minimum absolute atomic E-state index is 0.135. The van der Waals surface area contributed by atoms with Gasteiger partial charge in [0, 0.05) is 18.5 Å². The number of nitrogens with one attached hydrogen (secondary N) is 2. The molecule has 1 fully saturated rings. The highest BCUT2D eigenvalue weighted by Crippen LogP contribution is 2.18. The van der Waals surface area contributed by atoms with Crippen molar-refractivity contribution in [3.05, 3.63) is 28.2 Å². The van der Waals surface area contributed by atoms with Gasteiger partial charge in [-0.3, -0.25) is 4.79 Å². The summed E-state index contributed by atoms with van der Waals surface area (Å²) in [6, 6.07) is 3.33. The van der Waals surface area contributed by atoms with Crippen LogP contribution in [0.1, 0.15) is 18.0 Å². The lowest BCUT2D eigenvalue weighted by Gasteiger charge is -2.04. The molecule has 1 aromatic rings. The summed E-state index contributed by atoms with van der Waals surface area (Å²) in [5.41, 5.74) is 0.851. The molecule has 2 heterocycles. The van der Waals surface area contributed by atoms with Crippen LogP contribution in [0.15, 0.2) is 16.9 Å². The molecule has 4 heteroatoms. The molecule has 0 aliphatic carbocycles. The van der Waals surface area contributed by atoms with Gasteiger partial charge in [0.2, 0.25) is 0 Å². The lowest BCUT2D eigenvalue weighted by molar-refractivity contribution is 0.710. The van der Waals surface area contributed by atoms with Crippen LogP contribution in [-0.4, -0.2) is 23.3 Å². The van der Waals surface area contributed by atoms with Crippen molar-refractivity contribution in [2.75, 3.05) is 13.1 Å². The summed E-state index contributed by atoms with van der Waals surface area (Å²) in [6.07, 6.45) is 1.11. The molecule has 0 unspecified atom stereocenters. The summed E-state index contributed by atoms with van der Waals surface area (Å²) < 4.78 is 0. The lowest BCUT2D eigenvalue weighted by Crippen LogP contribution is -2.12. The molecule has 0 amide bonds. The minimum Gasteiger partial charge on any atom is -0.316 e. The van der Waals surface area contributed by atoms with Crippen molar-refractivity contribution in [3.63, 3.8) is 0 Å². The van der Waals surface area contributed by atoms with Crippen molar-refractivity contribution in [3.8, 4) is 0 Å². The van der Waals surface area contributed by atoms with E-state index in [0.717, 1.165) is 25.2 Å². The Morgan fingerprint density at radius 1 is 1.50 bits per heavy atom. The number of H-pyrrole nitrogens is 1. The monoisotopic (exact) mass is 165 g/mol. The highest BCUT2D eigenvalue weighted by atomic mass is 16.1. The lowest BCUT2D eigenvalue weighted by atomic mass is 10.1. The van der Waals surface area contributed by atoms with Gasteiger partial charge in [-0.2, -0.15) is 5.10 Å². The maximum Gasteiger partial charge on any atom is 0.264 e. The Labute approximate surface area is 70.0 Å². The summed E-state index contributed by atoms with van der Waals surface area (Å²) >= 11 is 0. The third kappa shape index (κ3) is 1.38. The highest BCUT2D eigenvalue weighted by Gasteiger charge is 2.17. The van der Waals surface area contributed by atoms with Crippen molar-refractivity contribution in [1.29, 1.82) is 0 Å². The van der Waals surface area contributed by atoms with Crippen LogP contribution < -0.4 is 10.9 Å². The Kier molecular flexibility index (Phi) is 1.91. The molecule has 0 bridgehead atoms. The Balaban J connectivity index is 2.22. The van der Waals surface area contributed by atoms with E-state index in [0.29, 0.717) is 5.92 Å². The first kappa shape index (κ1) is 7.49. The van der Waals surface area contributed by atoms with Gasteiger partial charge < -0.3 is 5.32 Å². The molecule has 1 aromatic heterocycles. The summed E-state index contributed by atoms with van der Waals surface area (Å²) in [7, 11) is 0. The van der Waals surface area contributed by atoms with Crippen molar-refractivity contribution in [2.45, 2.75) is 12.3 Å². The zero-order valence-electron chi connectivity index (χ0n) is 6.71. The van der Waals surface area contributed by atoms with Crippen LogP contribution in [-0.2, 0) is 0 Å². The third-order valence-electron chi connectivity index (χ3n) is 2.18. The molecule has 1 atom stereocenters. The summed E-state index contributed by atoms with van der Waals surface area (Å²) in [5.74, 6) is 0.474. The number of rotatable bonds is 1. The fourth-order valence-electron chi connectivity index (χ4n) is 1.49. The molecule has 1 saturated heterocycles. The molecule has 1 aliphatic heterocycles. The topological polar surface area (TPSA) is 57.8 Å². The first-order valence-corrected chi connectivity index (χ1v) is 4.12. The first-order valence-electron chi connectivity index (χ1n) is 4.12. The quantitative estimate of drug-likeness (QED) is 0.608. The van der Waals surface area contributed by atoms with E-state index in [2.05, 4.69) is 15.5 Å². The Morgan fingerprint density at radius 2 is 2.42 bits per heavy atom. The maximum absolute atomic E-state index is 10.7. The Hall–Kier alpha value is -1.16. The molecule has 12 heavy (non-hydrogen) atoms. The maximum atomic E-state index is 10.7. The van der Waals surface area contributed by atoms with Gasteiger partial charge in [-0.1, -0.05) is 0 Å². The van der Waals surface area contributed by atoms with Crippen molar-refractivity contribution in [2.24, 2.45) is 0 Å². The van der Waals surface area contributed by atoms with Gasteiger partial charge in [0.25, 0.3) is 5.56 Å². The van der Waals surface area contributed by atoms with E-state index in [1.165, 1.54) is 6.07 Å². The standard InChI is InChI=1S/C8H11N3O/c12-8-2-1-7(10-11-8)6-3-4-9-5-6/h1-2,6,9H,3-5H2,(H,11,12)/t6-/m0/s1. The molecule has 2 N–H and O–H groups in total. The Morgan fingerprint density at radius 3 is 3.00 bits per heavy atom. The molecule has 64 valence electrons. The minimum atomic E-state index is -0.135. The fraction of sp³-hybridized carbons (Fsp3) is 0.500. The van der Waals surface area contributed by atoms with Crippen LogP contribution in [0.25, 0.3) is 0 Å². The van der Waals surface area contributed by atoms with Crippen LogP contribution in [0.5, 0.6) is 0 Å². The predicted molar refractivity (Wildman–Crippen MR) is 45.1 cm³/mol. The van der Waals surface area contributed by atoms with Gasteiger partial charge in [-0.25, -0.2) is 5.10 Å². The van der Waals surface area contributed by atoms with Gasteiger partial charge in [-0.15, -0.1) is 0 Å². The van der Waals surface area contributed by atoms with E-state index in [1.807, 2.05) is 0 Å². The fourth-order valence-corrected chi connectivity index (χ4v) is 1.49. The summed E-state index contributed by atoms with van der Waals surface area (Å²) in [4.78, 5) is 10.7. The van der Waals surface area contributed by atoms with E-state index in [1.54, 1.807) is 6.07 Å². The van der Waals surface area contributed by atoms with E-state index in [9.17, 15) is 4.79 Å². The average Bonchev–Trinajstić information content (AvgIpc) is 2.58. The molecule has 0 radical (unpaired) electrons. The van der Waals surface area contributed by atoms with Gasteiger partial charge in [0.05, 0.1) is 5.69 Å². The smallest absolute Gasteiger partial charge is 0.264 e. The van der Waals surface area contributed by atoms with E-state index in [4.69, 9.17) is 0 Å². The molecule has 2 rings (SSSR count). The zero-order valence-corrected chi connectivity index (χ0v) is 6.71. The molecular weight excluding hydrogens is 154 g/mol. The first-order chi connectivity index (χ1) is 5.86. The largest absolute Gasteiger partial charge is 0.316 e. The van der Waals surface area contributed by atoms with Crippen LogP contribution in [0.3, 0.4) is 0 Å². The summed E-state index contributed by atoms with van der Waals surface area (Å²) in [6.45, 7) is 2.02. The second kappa shape index (κ2) is 3.06. The third-order valence-corrected chi connectivity index (χ3v) is 2.18. The van der Waals surface area contributed by atoms with E-state index < -0.39 is 0 Å². The molecule has 4 nitrogen and oxygen atoms in total. The number of hydrogen-bond acceptors (Lipinski definition) is 3. The van der Waals surface area contributed by atoms with Gasteiger partial charge >= 0.3 is 0 Å². The number of aromatic nitrogens is 2. The zero-order chi connectivity index (χ0) is 8.39. The summed E-state index contributed by atoms with van der Waals surface area (Å²) in [5, 5.41) is 9.68. The number of hydrogen-bond donors (Lipinski definition) is 2. The normalized spacial score (nSPS) is 22.8. The van der Waals surface area contributed by atoms with Crippen LogP contribution in [0.2, 0.25) is 0 Å². The molecule has 1 aliphatic rings. The van der Waals surface area contributed by atoms with Gasteiger partial charge in [0.15, 0.2) is 0 Å². The van der Waals surface area contributed by atoms with Gasteiger partial charge in [-0.05, 0) is 19.0 Å². The highest BCUT2D eigenvalue weighted by molar-refractivity contribution is 5.08. The average molecular weight is 165 g/mol. The molecule has 0 aromatic carbocycles. The second-order valence-electron chi connectivity index (χ2n) is 3.04. The predicted octanol–water partition coefficient (Wildman–Crippen LogP) is -0.153. The van der Waals surface area contributed by atoms with E-state index >= 15 is 0 Å². The van der Waals surface area contributed by atoms with Crippen LogP contribution >= 0.6 is 0 Å². The van der Waals surface area contributed by atoms with Crippen LogP contribution in [0, 0.1) is 0 Å². The number of aromatic amines is 1. The Bertz CT molecular complexity index is 294. The molecule has 0 spiro atoms.